The van der Waals surface area contributed by atoms with Crippen LogP contribution in [0.3, 0.4) is 0 Å². The number of hydrogen-bond acceptors (Lipinski definition) is 8. The molecule has 0 spiro atoms. The summed E-state index contributed by atoms with van der Waals surface area (Å²) in [5, 5.41) is 0. The predicted octanol–water partition coefficient (Wildman–Crippen LogP) is 17.0. The Hall–Kier alpha value is -10.1. The number of carbonyl (C=O) groups excluding carboxylic acids is 1. The van der Waals surface area contributed by atoms with Gasteiger partial charge in [-0.3, -0.25) is 24.7 Å². The van der Waals surface area contributed by atoms with Gasteiger partial charge in [-0.2, -0.15) is 0 Å². The molecule has 0 saturated carbocycles. The number of rotatable bonds is 11. The van der Waals surface area contributed by atoms with Crippen molar-refractivity contribution in [1.29, 1.82) is 0 Å². The molecule has 12 aromatic rings. The second-order valence-corrected chi connectivity index (χ2v) is 17.6. The van der Waals surface area contributed by atoms with Gasteiger partial charge in [0.25, 0.3) is 0 Å². The quantitative estimate of drug-likeness (QED) is 0.0596. The van der Waals surface area contributed by atoms with Gasteiger partial charge in [-0.1, -0.05) is 194 Å². The van der Waals surface area contributed by atoms with E-state index in [4.69, 9.17) is 5.73 Å². The number of aldehydes is 1. The molecule has 8 aromatic carbocycles. The van der Waals surface area contributed by atoms with E-state index in [0.29, 0.717) is 5.56 Å². The van der Waals surface area contributed by atoms with Gasteiger partial charge >= 0.3 is 0 Å². The molecule has 0 aliphatic heterocycles. The van der Waals surface area contributed by atoms with Crippen LogP contribution in [0.4, 0.5) is 17.1 Å². The first-order valence-electron chi connectivity index (χ1n) is 25.6. The third-order valence-electron chi connectivity index (χ3n) is 12.1. The van der Waals surface area contributed by atoms with Crippen LogP contribution in [0.1, 0.15) is 21.7 Å². The summed E-state index contributed by atoms with van der Waals surface area (Å²) in [6.07, 6.45) is 7.99. The van der Waals surface area contributed by atoms with E-state index in [0.717, 1.165) is 96.5 Å². The molecule has 0 atom stereocenters. The van der Waals surface area contributed by atoms with Gasteiger partial charge in [0.1, 0.15) is 6.29 Å². The minimum Gasteiger partial charge on any atom is -0.398 e. The largest absolute Gasteiger partial charge is 0.398 e. The van der Waals surface area contributed by atoms with Crippen molar-refractivity contribution in [2.75, 3.05) is 5.73 Å². The molecular weight excluding hydrogens is 1160 g/mol. The zero-order valence-corrected chi connectivity index (χ0v) is 45.8. The number of nitrogens with two attached hydrogens (primary N) is 1. The number of para-hydroxylation sites is 3. The minimum absolute atomic E-state index is 0. The van der Waals surface area contributed by atoms with Crippen LogP contribution in [0.25, 0.3) is 67.3 Å². The molecule has 0 saturated heterocycles. The van der Waals surface area contributed by atoms with Crippen molar-refractivity contribution in [3.63, 3.8) is 0 Å². The Labute approximate surface area is 482 Å². The number of nitrogens with zero attached hydrogens (tertiary/aromatic N) is 6. The number of hydrogen-bond donors (Lipinski definition) is 1. The van der Waals surface area contributed by atoms with Crippen LogP contribution in [-0.2, 0) is 21.1 Å². The fourth-order valence-corrected chi connectivity index (χ4v) is 8.25. The van der Waals surface area contributed by atoms with E-state index in [1.54, 1.807) is 30.9 Å². The summed E-state index contributed by atoms with van der Waals surface area (Å²) in [7, 11) is 0. The monoisotopic (exact) mass is 1220 g/mol. The molecule has 4 heterocycles. The molecule has 8 nitrogen and oxygen atoms in total. The molecule has 2 N–H and O–H groups in total. The van der Waals surface area contributed by atoms with Crippen LogP contribution in [0, 0.1) is 6.07 Å². The fourth-order valence-electron chi connectivity index (χ4n) is 8.25. The maximum Gasteiger partial charge on any atom is 0.150 e. The Morgan fingerprint density at radius 3 is 1.34 bits per heavy atom. The number of aliphatic imine (C=N–C) groups is 2. The molecule has 0 bridgehead atoms. The van der Waals surface area contributed by atoms with E-state index in [-0.39, 0.29) is 21.1 Å². The van der Waals surface area contributed by atoms with E-state index in [1.165, 1.54) is 5.56 Å². The van der Waals surface area contributed by atoms with Crippen molar-refractivity contribution >= 4 is 35.8 Å². The SMILES string of the molecule is C(=Nc1ccccc1-c1ccccc1)c1cccc(-c2ccccn2)n1.Nc1ccccc1-c1ccccc1.O=Cc1cccc(-c2ccccc2)c1.[Pt].[c-]1ccccc1-c1ccccc1N=Cc1cccc(-c2ccccn2)n1. The Morgan fingerprint density at radius 1 is 0.375 bits per heavy atom. The first-order chi connectivity index (χ1) is 39.1. The van der Waals surface area contributed by atoms with E-state index in [9.17, 15) is 4.79 Å². The van der Waals surface area contributed by atoms with Gasteiger partial charge in [-0.15, -0.1) is 35.9 Å². The van der Waals surface area contributed by atoms with Gasteiger partial charge in [0.2, 0.25) is 0 Å². The number of nitrogen functional groups attached to an aromatic ring is 1. The average molecular weight is 1220 g/mol. The summed E-state index contributed by atoms with van der Waals surface area (Å²) in [5.41, 5.74) is 23.0. The maximum absolute atomic E-state index is 10.6. The molecule has 0 aliphatic carbocycles. The third kappa shape index (κ3) is 16.2. The standard InChI is InChI=1S/C23H17N3.C23H16N3.C13H10O.C12H11N.Pt/c2*1-2-9-18(10-3-1)20-12-4-5-13-21(20)25-17-19-11-8-15-23(26-19)22-14-6-7-16-24-22;14-10-11-5-4-8-13(9-11)12-6-2-1-3-7-12;13-12-9-5-4-8-11(12)10-6-2-1-3-7-10;/h1-17H;1-9,11-17H;1-10H;1-9H,13H2;/q;-1;;;. The molecule has 0 radical (unpaired) electrons. The Morgan fingerprint density at radius 2 is 0.812 bits per heavy atom. The van der Waals surface area contributed by atoms with Gasteiger partial charge in [0.05, 0.1) is 52.3 Å². The van der Waals surface area contributed by atoms with Gasteiger partial charge < -0.3 is 5.73 Å². The van der Waals surface area contributed by atoms with Gasteiger partial charge in [-0.05, 0) is 95.1 Å². The van der Waals surface area contributed by atoms with E-state index in [1.807, 2.05) is 243 Å². The average Bonchev–Trinajstić information content (AvgIpc) is 3.54. The fraction of sp³-hybridized carbons (Fsp3) is 0. The van der Waals surface area contributed by atoms with Gasteiger partial charge in [0.15, 0.2) is 0 Å². The van der Waals surface area contributed by atoms with Crippen LogP contribution in [0.2, 0.25) is 0 Å². The van der Waals surface area contributed by atoms with Crippen LogP contribution in [0.5, 0.6) is 0 Å². The van der Waals surface area contributed by atoms with E-state index >= 15 is 0 Å². The normalized spacial score (nSPS) is 10.4. The Balaban J connectivity index is 0.000000146. The molecular formula is C71H54N7OPt-. The number of carbonyl (C=O) groups is 1. The summed E-state index contributed by atoms with van der Waals surface area (Å²) in [4.78, 5) is 37.9. The molecule has 4 aromatic heterocycles. The van der Waals surface area contributed by atoms with Crippen molar-refractivity contribution in [3.8, 4) is 67.3 Å². The second-order valence-electron chi connectivity index (χ2n) is 17.6. The number of pyridine rings is 4. The van der Waals surface area contributed by atoms with Crippen molar-refractivity contribution in [3.05, 3.63) is 321 Å². The van der Waals surface area contributed by atoms with Gasteiger partial charge in [0, 0.05) is 61.5 Å². The Kier molecular flexibility index (Phi) is 21.0. The first kappa shape index (κ1) is 56.1. The molecule has 9 heteroatoms. The zero-order valence-electron chi connectivity index (χ0n) is 43.5. The molecule has 390 valence electrons. The van der Waals surface area contributed by atoms with Crippen LogP contribution < -0.4 is 5.73 Å². The molecule has 0 unspecified atom stereocenters. The summed E-state index contributed by atoms with van der Waals surface area (Å²) < 4.78 is 0. The summed E-state index contributed by atoms with van der Waals surface area (Å²) in [5.74, 6) is 0. The smallest absolute Gasteiger partial charge is 0.150 e. The van der Waals surface area contributed by atoms with Crippen LogP contribution in [0.15, 0.2) is 307 Å². The summed E-state index contributed by atoms with van der Waals surface area (Å²) in [6, 6.07) is 96.6. The number of anilines is 1. The summed E-state index contributed by atoms with van der Waals surface area (Å²) >= 11 is 0. The molecule has 0 aliphatic rings. The van der Waals surface area contributed by atoms with Gasteiger partial charge in [-0.25, -0.2) is 9.97 Å². The van der Waals surface area contributed by atoms with Crippen molar-refractivity contribution < 1.29 is 25.9 Å². The predicted molar refractivity (Wildman–Crippen MR) is 326 cm³/mol. The first-order valence-corrected chi connectivity index (χ1v) is 25.6. The maximum atomic E-state index is 10.6. The molecule has 80 heavy (non-hydrogen) atoms. The number of aromatic nitrogens is 4. The van der Waals surface area contributed by atoms with E-state index < -0.39 is 0 Å². The number of benzene rings is 8. The minimum atomic E-state index is 0. The molecule has 12 rings (SSSR count). The van der Waals surface area contributed by atoms with Crippen LogP contribution in [-0.4, -0.2) is 38.7 Å². The van der Waals surface area contributed by atoms with Crippen molar-refractivity contribution in [2.24, 2.45) is 9.98 Å². The van der Waals surface area contributed by atoms with Crippen LogP contribution >= 0.6 is 0 Å². The molecule has 0 fully saturated rings. The van der Waals surface area contributed by atoms with Crippen molar-refractivity contribution in [1.82, 2.24) is 19.9 Å². The summed E-state index contributed by atoms with van der Waals surface area (Å²) in [6.45, 7) is 0. The topological polar surface area (TPSA) is 119 Å². The zero-order chi connectivity index (χ0) is 54.1. The molecule has 0 amide bonds. The second kappa shape index (κ2) is 30.0. The Bertz CT molecular complexity index is 3700. The van der Waals surface area contributed by atoms with Crippen molar-refractivity contribution in [2.45, 2.75) is 0 Å². The third-order valence-corrected chi connectivity index (χ3v) is 12.1. The van der Waals surface area contributed by atoms with E-state index in [2.05, 4.69) is 72.4 Å².